The van der Waals surface area contributed by atoms with Gasteiger partial charge >= 0.3 is 5.97 Å². The third kappa shape index (κ3) is 10.8. The lowest BCUT2D eigenvalue weighted by Crippen LogP contribution is -2.46. The molecule has 4 N–H and O–H groups in total. The summed E-state index contributed by atoms with van der Waals surface area (Å²) in [6.07, 6.45) is 3.36. The number of ether oxygens (including phenoxy) is 2. The molecule has 1 aliphatic rings. The van der Waals surface area contributed by atoms with E-state index < -0.39 is 39.1 Å². The second-order valence-corrected chi connectivity index (χ2v) is 18.9. The number of hydrogen-bond donors (Lipinski definition) is 3. The first-order valence-corrected chi connectivity index (χ1v) is 21.6. The van der Waals surface area contributed by atoms with Crippen LogP contribution < -0.4 is 26.1 Å². The van der Waals surface area contributed by atoms with Crippen molar-refractivity contribution in [3.05, 3.63) is 116 Å². The topological polar surface area (TPSA) is 171 Å². The highest BCUT2D eigenvalue weighted by atomic mass is 32.2. The first-order chi connectivity index (χ1) is 27.6. The van der Waals surface area contributed by atoms with Crippen molar-refractivity contribution in [1.82, 2.24) is 14.6 Å². The molecule has 1 aliphatic heterocycles. The first-order valence-electron chi connectivity index (χ1n) is 20.1. The summed E-state index contributed by atoms with van der Waals surface area (Å²) in [4.78, 5) is 45.2. The minimum atomic E-state index is -4.11. The number of nitrogens with zero attached hydrogens (tertiary/aromatic N) is 2. The van der Waals surface area contributed by atoms with Gasteiger partial charge in [-0.15, -0.1) is 0 Å². The van der Waals surface area contributed by atoms with Gasteiger partial charge in [-0.2, -0.15) is 0 Å². The molecule has 2 heterocycles. The van der Waals surface area contributed by atoms with Crippen LogP contribution in [0.15, 0.2) is 81.5 Å². The van der Waals surface area contributed by atoms with Gasteiger partial charge in [0.15, 0.2) is 0 Å². The highest BCUT2D eigenvalue weighted by Crippen LogP contribution is 2.42. The summed E-state index contributed by atoms with van der Waals surface area (Å²) >= 11 is 0. The number of nitrogens with two attached hydrogens (primary N) is 1. The predicted octanol–water partition coefficient (Wildman–Crippen LogP) is 7.23. The molecule has 316 valence electrons. The van der Waals surface area contributed by atoms with Crippen LogP contribution in [0.4, 0.5) is 0 Å². The number of amides is 1. The van der Waals surface area contributed by atoms with Crippen molar-refractivity contribution >= 4 is 27.9 Å². The molecule has 12 nitrogen and oxygen atoms in total. The van der Waals surface area contributed by atoms with Gasteiger partial charge < -0.3 is 25.1 Å². The highest BCUT2D eigenvalue weighted by molar-refractivity contribution is 7.90. The Hall–Kier alpha value is -5.43. The maximum atomic E-state index is 13.8. The molecule has 0 saturated heterocycles. The van der Waals surface area contributed by atoms with Crippen LogP contribution in [0.3, 0.4) is 0 Å². The molecule has 1 amide bonds. The van der Waals surface area contributed by atoms with E-state index in [1.165, 1.54) is 16.2 Å². The monoisotopic (exact) mass is 825 g/mol. The van der Waals surface area contributed by atoms with Gasteiger partial charge in [-0.25, -0.2) is 17.9 Å². The first kappa shape index (κ1) is 44.7. The summed E-state index contributed by atoms with van der Waals surface area (Å²) in [5.41, 5.74) is 11.2. The number of carbonyl (C=O) groups is 2. The van der Waals surface area contributed by atoms with Crippen molar-refractivity contribution in [3.8, 4) is 16.9 Å². The largest absolute Gasteiger partial charge is 0.487 e. The standard InChI is InChI=1S/C46H59N5O7S/c1-28(2)32-19-21-33(22-20-32)36-16-12-11-15-34(36)27-51-26-14-17-37(42(51)53)41(52)49-38(43(54)58-45(6,7)8)18-13-25-48-44(47)50-59(55,56)40-30(4)29(3)39-35(31(40)5)23-24-46(9,10)57-39/h11-12,14-17,19-22,26,28,38H,13,18,23-25,27H2,1-10H3,(H,49,52)(H3,47,48,50)/t38-/m0/s1. The number of aliphatic imine (C=N–C) groups is 1. The van der Waals surface area contributed by atoms with Gasteiger partial charge in [0, 0.05) is 12.7 Å². The van der Waals surface area contributed by atoms with Crippen LogP contribution in [0.5, 0.6) is 5.75 Å². The molecule has 0 bridgehead atoms. The number of aromatic nitrogens is 1. The van der Waals surface area contributed by atoms with Crippen LogP contribution in [0.25, 0.3) is 11.1 Å². The Bertz CT molecular complexity index is 2410. The lowest BCUT2D eigenvalue weighted by molar-refractivity contribution is -0.157. The fourth-order valence-corrected chi connectivity index (χ4v) is 8.85. The van der Waals surface area contributed by atoms with E-state index in [4.69, 9.17) is 15.2 Å². The maximum absolute atomic E-state index is 13.8. The average Bonchev–Trinajstić information content (AvgIpc) is 3.14. The molecular formula is C46H59N5O7S. The number of sulfonamides is 1. The zero-order valence-electron chi connectivity index (χ0n) is 36.0. The third-order valence-corrected chi connectivity index (χ3v) is 12.2. The molecule has 0 fully saturated rings. The summed E-state index contributed by atoms with van der Waals surface area (Å²) < 4.78 is 43.1. The van der Waals surface area contributed by atoms with Crippen molar-refractivity contribution in [2.24, 2.45) is 10.7 Å². The number of carbonyl (C=O) groups excluding carboxylic acids is 2. The summed E-state index contributed by atoms with van der Waals surface area (Å²) in [6, 6.07) is 18.1. The Kier molecular flexibility index (Phi) is 13.5. The van der Waals surface area contributed by atoms with Crippen LogP contribution >= 0.6 is 0 Å². The van der Waals surface area contributed by atoms with E-state index >= 15 is 0 Å². The van der Waals surface area contributed by atoms with Crippen molar-refractivity contribution in [3.63, 3.8) is 0 Å². The van der Waals surface area contributed by atoms with E-state index in [0.717, 1.165) is 40.0 Å². The van der Waals surface area contributed by atoms with Crippen LogP contribution in [-0.4, -0.2) is 54.6 Å². The predicted molar refractivity (Wildman–Crippen MR) is 233 cm³/mol. The van der Waals surface area contributed by atoms with Gasteiger partial charge in [-0.1, -0.05) is 62.4 Å². The molecule has 4 aromatic rings. The Morgan fingerprint density at radius 2 is 1.66 bits per heavy atom. The lowest BCUT2D eigenvalue weighted by Gasteiger charge is -2.35. The summed E-state index contributed by atoms with van der Waals surface area (Å²) in [7, 11) is -4.11. The zero-order chi connectivity index (χ0) is 43.4. The Morgan fingerprint density at radius 3 is 2.32 bits per heavy atom. The molecule has 0 saturated carbocycles. The molecule has 0 radical (unpaired) electrons. The van der Waals surface area contributed by atoms with E-state index in [2.05, 4.69) is 53.1 Å². The van der Waals surface area contributed by atoms with Crippen molar-refractivity contribution in [1.29, 1.82) is 0 Å². The minimum absolute atomic E-state index is 0.0331. The fraction of sp³-hybridized carbons (Fsp3) is 0.435. The molecule has 1 atom stereocenters. The number of guanidine groups is 1. The van der Waals surface area contributed by atoms with Crippen LogP contribution in [-0.2, 0) is 32.5 Å². The van der Waals surface area contributed by atoms with E-state index in [-0.39, 0.29) is 48.0 Å². The maximum Gasteiger partial charge on any atom is 0.329 e. The SMILES string of the molecule is Cc1c(C)c(S(=O)(=O)NC(N)=NCCC[C@H](NC(=O)c2cccn(Cc3ccccc3-c3ccc(C(C)C)cc3)c2=O)C(=O)OC(C)(C)C)c(C)c2c1OC(C)(C)CC2. The Labute approximate surface area is 348 Å². The second-order valence-electron chi connectivity index (χ2n) is 17.2. The number of pyridine rings is 1. The van der Waals surface area contributed by atoms with E-state index in [1.54, 1.807) is 46.9 Å². The van der Waals surface area contributed by atoms with Crippen LogP contribution in [0.1, 0.15) is 117 Å². The Balaban J connectivity index is 1.29. The van der Waals surface area contributed by atoms with E-state index in [1.807, 2.05) is 45.0 Å². The average molecular weight is 826 g/mol. The highest BCUT2D eigenvalue weighted by Gasteiger charge is 2.34. The normalized spacial score (nSPS) is 14.6. The van der Waals surface area contributed by atoms with E-state index in [9.17, 15) is 22.8 Å². The van der Waals surface area contributed by atoms with Gasteiger partial charge in [-0.05, 0) is 144 Å². The van der Waals surface area contributed by atoms with Crippen LogP contribution in [0.2, 0.25) is 0 Å². The molecule has 1 aromatic heterocycles. The van der Waals surface area contributed by atoms with Crippen molar-refractivity contribution in [2.75, 3.05) is 6.54 Å². The summed E-state index contributed by atoms with van der Waals surface area (Å²) in [5, 5.41) is 2.71. The third-order valence-electron chi connectivity index (χ3n) is 10.6. The molecule has 5 rings (SSSR count). The number of hydrogen-bond acceptors (Lipinski definition) is 8. The zero-order valence-corrected chi connectivity index (χ0v) is 36.8. The minimum Gasteiger partial charge on any atom is -0.487 e. The number of benzene rings is 3. The lowest BCUT2D eigenvalue weighted by atomic mass is 9.88. The number of esters is 1. The van der Waals surface area contributed by atoms with Crippen LogP contribution in [0, 0.1) is 20.8 Å². The molecule has 0 aliphatic carbocycles. The molecular weight excluding hydrogens is 767 g/mol. The summed E-state index contributed by atoms with van der Waals surface area (Å²) in [6.45, 7) is 19.1. The number of rotatable bonds is 13. The van der Waals surface area contributed by atoms with Gasteiger partial charge in [0.05, 0.1) is 11.4 Å². The van der Waals surface area contributed by atoms with Gasteiger partial charge in [0.1, 0.15) is 28.6 Å². The molecule has 3 aromatic carbocycles. The Morgan fingerprint density at radius 1 is 0.983 bits per heavy atom. The smallest absolute Gasteiger partial charge is 0.329 e. The molecule has 0 spiro atoms. The van der Waals surface area contributed by atoms with Gasteiger partial charge in [-0.3, -0.25) is 14.6 Å². The van der Waals surface area contributed by atoms with Gasteiger partial charge in [0.2, 0.25) is 5.96 Å². The van der Waals surface area contributed by atoms with Crippen molar-refractivity contribution < 1.29 is 27.5 Å². The molecule has 13 heteroatoms. The second kappa shape index (κ2) is 17.8. The quantitative estimate of drug-likeness (QED) is 0.0549. The van der Waals surface area contributed by atoms with Gasteiger partial charge in [0.25, 0.3) is 21.5 Å². The number of fused-ring (bicyclic) bond motifs is 1. The van der Waals surface area contributed by atoms with Crippen molar-refractivity contribution in [2.45, 2.75) is 130 Å². The molecule has 59 heavy (non-hydrogen) atoms. The fourth-order valence-electron chi connectivity index (χ4n) is 7.33. The van der Waals surface area contributed by atoms with E-state index in [0.29, 0.717) is 23.5 Å². The summed E-state index contributed by atoms with van der Waals surface area (Å²) in [5.74, 6) is -0.595. The molecule has 0 unspecified atom stereocenters. The number of nitrogens with one attached hydrogen (secondary N) is 2.